The standard InChI is InChI=1S/C19H30N4O2/c1-15(16-6-5-9-20-13-16)12-18(24)22-14-19(25)23(2)11-8-17-7-3-4-10-21-17/h3-4,7,10,15-16,20H,5-6,8-9,11-14H2,1-2H3,(H,22,24). The molecule has 0 saturated carbocycles. The van der Waals surface area contributed by atoms with Crippen molar-refractivity contribution in [3.63, 3.8) is 0 Å². The highest BCUT2D eigenvalue weighted by Crippen LogP contribution is 2.22. The summed E-state index contributed by atoms with van der Waals surface area (Å²) in [5, 5.41) is 6.15. The normalized spacial score (nSPS) is 18.4. The summed E-state index contributed by atoms with van der Waals surface area (Å²) in [6, 6.07) is 5.76. The first-order valence-electron chi connectivity index (χ1n) is 9.17. The largest absolute Gasteiger partial charge is 0.347 e. The molecule has 2 atom stereocenters. The zero-order chi connectivity index (χ0) is 18.1. The third-order valence-electron chi connectivity index (χ3n) is 4.94. The zero-order valence-electron chi connectivity index (χ0n) is 15.3. The predicted molar refractivity (Wildman–Crippen MR) is 98.0 cm³/mol. The van der Waals surface area contributed by atoms with Gasteiger partial charge in [0, 0.05) is 38.3 Å². The number of pyridine rings is 1. The molecule has 2 unspecified atom stereocenters. The Bertz CT molecular complexity index is 544. The van der Waals surface area contributed by atoms with Crippen LogP contribution in [0.25, 0.3) is 0 Å². The molecule has 1 aromatic heterocycles. The van der Waals surface area contributed by atoms with Gasteiger partial charge in [0.05, 0.1) is 6.54 Å². The van der Waals surface area contributed by atoms with Crippen LogP contribution < -0.4 is 10.6 Å². The minimum Gasteiger partial charge on any atom is -0.347 e. The molecule has 2 amide bonds. The topological polar surface area (TPSA) is 74.3 Å². The Morgan fingerprint density at radius 2 is 2.28 bits per heavy atom. The molecule has 0 aliphatic carbocycles. The first-order valence-corrected chi connectivity index (χ1v) is 9.17. The fourth-order valence-electron chi connectivity index (χ4n) is 3.16. The van der Waals surface area contributed by atoms with Crippen LogP contribution in [0.3, 0.4) is 0 Å². The number of hydrogen-bond donors (Lipinski definition) is 2. The number of piperidine rings is 1. The van der Waals surface area contributed by atoms with Crippen LogP contribution in [0.2, 0.25) is 0 Å². The van der Waals surface area contributed by atoms with E-state index in [0.717, 1.165) is 18.8 Å². The molecular weight excluding hydrogens is 316 g/mol. The van der Waals surface area contributed by atoms with Crippen molar-refractivity contribution in [2.24, 2.45) is 11.8 Å². The molecule has 2 heterocycles. The van der Waals surface area contributed by atoms with Gasteiger partial charge >= 0.3 is 0 Å². The highest BCUT2D eigenvalue weighted by atomic mass is 16.2. The molecule has 1 aliphatic rings. The number of nitrogens with zero attached hydrogens (tertiary/aromatic N) is 2. The Labute approximate surface area is 150 Å². The number of rotatable bonds is 8. The highest BCUT2D eigenvalue weighted by Gasteiger charge is 2.22. The first kappa shape index (κ1) is 19.4. The Hall–Kier alpha value is -1.95. The van der Waals surface area contributed by atoms with E-state index in [-0.39, 0.29) is 18.4 Å². The van der Waals surface area contributed by atoms with Crippen LogP contribution in [0.15, 0.2) is 24.4 Å². The second-order valence-electron chi connectivity index (χ2n) is 6.95. The van der Waals surface area contributed by atoms with Gasteiger partial charge in [0.1, 0.15) is 0 Å². The second-order valence-corrected chi connectivity index (χ2v) is 6.95. The van der Waals surface area contributed by atoms with Gasteiger partial charge in [-0.15, -0.1) is 0 Å². The molecule has 1 fully saturated rings. The molecule has 0 bridgehead atoms. The van der Waals surface area contributed by atoms with Gasteiger partial charge in [-0.3, -0.25) is 14.6 Å². The van der Waals surface area contributed by atoms with Crippen LogP contribution in [0.5, 0.6) is 0 Å². The van der Waals surface area contributed by atoms with Crippen LogP contribution in [-0.4, -0.2) is 54.9 Å². The number of carbonyl (C=O) groups excluding carboxylic acids is 2. The van der Waals surface area contributed by atoms with E-state index in [9.17, 15) is 9.59 Å². The van der Waals surface area contributed by atoms with E-state index in [1.165, 1.54) is 12.8 Å². The number of amides is 2. The van der Waals surface area contributed by atoms with Crippen molar-refractivity contribution in [3.05, 3.63) is 30.1 Å². The fourth-order valence-corrected chi connectivity index (χ4v) is 3.16. The van der Waals surface area contributed by atoms with E-state index in [2.05, 4.69) is 22.5 Å². The van der Waals surface area contributed by atoms with E-state index >= 15 is 0 Å². The van der Waals surface area contributed by atoms with Crippen LogP contribution in [0.1, 0.15) is 31.9 Å². The highest BCUT2D eigenvalue weighted by molar-refractivity contribution is 5.84. The summed E-state index contributed by atoms with van der Waals surface area (Å²) in [6.07, 6.45) is 5.30. The van der Waals surface area contributed by atoms with E-state index in [1.807, 2.05) is 18.2 Å². The number of nitrogens with one attached hydrogen (secondary N) is 2. The summed E-state index contributed by atoms with van der Waals surface area (Å²) in [4.78, 5) is 30.1. The summed E-state index contributed by atoms with van der Waals surface area (Å²) < 4.78 is 0. The van der Waals surface area contributed by atoms with Crippen LogP contribution in [-0.2, 0) is 16.0 Å². The van der Waals surface area contributed by atoms with Gasteiger partial charge in [-0.05, 0) is 49.9 Å². The lowest BCUT2D eigenvalue weighted by atomic mass is 9.85. The molecule has 1 aromatic rings. The monoisotopic (exact) mass is 346 g/mol. The quantitative estimate of drug-likeness (QED) is 0.742. The van der Waals surface area contributed by atoms with Crippen molar-refractivity contribution in [2.75, 3.05) is 33.2 Å². The van der Waals surface area contributed by atoms with Crippen molar-refractivity contribution < 1.29 is 9.59 Å². The third-order valence-corrected chi connectivity index (χ3v) is 4.94. The summed E-state index contributed by atoms with van der Waals surface area (Å²) in [7, 11) is 1.76. The van der Waals surface area contributed by atoms with Gasteiger partial charge in [-0.1, -0.05) is 13.0 Å². The molecular formula is C19H30N4O2. The van der Waals surface area contributed by atoms with Crippen LogP contribution in [0, 0.1) is 11.8 Å². The van der Waals surface area contributed by atoms with Crippen molar-refractivity contribution in [2.45, 2.75) is 32.6 Å². The fraction of sp³-hybridized carbons (Fsp3) is 0.632. The summed E-state index contributed by atoms with van der Waals surface area (Å²) in [5.41, 5.74) is 0.959. The third kappa shape index (κ3) is 6.82. The van der Waals surface area contributed by atoms with Crippen molar-refractivity contribution >= 4 is 11.8 Å². The SMILES string of the molecule is CC(CC(=O)NCC(=O)N(C)CCc1ccccn1)C1CCCNC1. The van der Waals surface area contributed by atoms with Gasteiger partial charge in [-0.25, -0.2) is 0 Å². The molecule has 25 heavy (non-hydrogen) atoms. The minimum atomic E-state index is -0.0729. The number of aromatic nitrogens is 1. The predicted octanol–water partition coefficient (Wildman–Crippen LogP) is 1.22. The van der Waals surface area contributed by atoms with Gasteiger partial charge in [0.2, 0.25) is 11.8 Å². The Balaban J connectivity index is 1.65. The average Bonchev–Trinajstić information content (AvgIpc) is 2.65. The van der Waals surface area contributed by atoms with Crippen LogP contribution >= 0.6 is 0 Å². The molecule has 6 heteroatoms. The molecule has 138 valence electrons. The van der Waals surface area contributed by atoms with E-state index in [4.69, 9.17) is 0 Å². The molecule has 0 aromatic carbocycles. The zero-order valence-corrected chi connectivity index (χ0v) is 15.3. The lowest BCUT2D eigenvalue weighted by molar-refractivity contribution is -0.132. The molecule has 2 N–H and O–H groups in total. The molecule has 0 radical (unpaired) electrons. The second kappa shape index (κ2) is 10.1. The lowest BCUT2D eigenvalue weighted by Gasteiger charge is -2.28. The summed E-state index contributed by atoms with van der Waals surface area (Å²) >= 11 is 0. The molecule has 1 saturated heterocycles. The minimum absolute atomic E-state index is 0.0375. The Kier molecular flexibility index (Phi) is 7.85. The van der Waals surface area contributed by atoms with Gasteiger partial charge in [-0.2, -0.15) is 0 Å². The summed E-state index contributed by atoms with van der Waals surface area (Å²) in [6.45, 7) is 4.85. The maximum Gasteiger partial charge on any atom is 0.241 e. The summed E-state index contributed by atoms with van der Waals surface area (Å²) in [5.74, 6) is 0.779. The first-order chi connectivity index (χ1) is 12.1. The Morgan fingerprint density at radius 3 is 2.96 bits per heavy atom. The molecule has 6 nitrogen and oxygen atoms in total. The van der Waals surface area contributed by atoms with Crippen molar-refractivity contribution in [1.82, 2.24) is 20.5 Å². The lowest BCUT2D eigenvalue weighted by Crippen LogP contribution is -2.40. The maximum absolute atomic E-state index is 12.1. The van der Waals surface area contributed by atoms with Crippen molar-refractivity contribution in [3.8, 4) is 0 Å². The van der Waals surface area contributed by atoms with Crippen molar-refractivity contribution in [1.29, 1.82) is 0 Å². The van der Waals surface area contributed by atoms with Gasteiger partial charge in [0.25, 0.3) is 0 Å². The van der Waals surface area contributed by atoms with E-state index in [0.29, 0.717) is 31.2 Å². The Morgan fingerprint density at radius 1 is 1.44 bits per heavy atom. The van der Waals surface area contributed by atoms with E-state index < -0.39 is 0 Å². The average molecular weight is 346 g/mol. The maximum atomic E-state index is 12.1. The van der Waals surface area contributed by atoms with Crippen LogP contribution in [0.4, 0.5) is 0 Å². The molecule has 0 spiro atoms. The van der Waals surface area contributed by atoms with Gasteiger partial charge in [0.15, 0.2) is 0 Å². The smallest absolute Gasteiger partial charge is 0.241 e. The number of hydrogen-bond acceptors (Lipinski definition) is 4. The number of carbonyl (C=O) groups is 2. The van der Waals surface area contributed by atoms with Gasteiger partial charge < -0.3 is 15.5 Å². The molecule has 2 rings (SSSR count). The van der Waals surface area contributed by atoms with E-state index in [1.54, 1.807) is 18.1 Å². The molecule has 1 aliphatic heterocycles. The number of likely N-dealkylation sites (N-methyl/N-ethyl adjacent to an activating group) is 1.